The molecule has 2 fully saturated rings. The fraction of sp³-hybridized carbons (Fsp3) is 0.857. The van der Waals surface area contributed by atoms with Crippen LogP contribution >= 0.6 is 0 Å². The summed E-state index contributed by atoms with van der Waals surface area (Å²) >= 11 is 0. The van der Waals surface area contributed by atoms with Crippen LogP contribution in [0.25, 0.3) is 0 Å². The molecule has 2 saturated carbocycles. The van der Waals surface area contributed by atoms with Gasteiger partial charge in [-0.2, -0.15) is 6.42 Å². The molecule has 2 aliphatic carbocycles. The predicted molar refractivity (Wildman–Crippen MR) is 95.4 cm³/mol. The number of esters is 1. The molecule has 2 unspecified atom stereocenters. The van der Waals surface area contributed by atoms with Crippen LogP contribution < -0.4 is 0 Å². The Hall–Kier alpha value is 0.379. The monoisotopic (exact) mass is 430 g/mol. The van der Waals surface area contributed by atoms with Crippen molar-refractivity contribution in [2.45, 2.75) is 92.9 Å². The molecule has 2 radical (unpaired) electrons. The van der Waals surface area contributed by atoms with Crippen molar-refractivity contribution in [3.8, 4) is 0 Å². The molecule has 25 heavy (non-hydrogen) atoms. The Morgan fingerprint density at radius 1 is 1.00 bits per heavy atom. The summed E-state index contributed by atoms with van der Waals surface area (Å²) in [5, 5.41) is 0. The van der Waals surface area contributed by atoms with E-state index >= 15 is 0 Å². The molecule has 4 heteroatoms. The molecular formula is C21H36Mn2O2-2. The van der Waals surface area contributed by atoms with Crippen molar-refractivity contribution in [2.75, 3.05) is 0 Å². The number of hydrogen-bond acceptors (Lipinski definition) is 2. The normalized spacial score (nSPS) is 24.4. The SMILES string of the molecule is CC(C)(C)C[C-](C(=O)O[C-]1CCCC2CCCCC12)C(C)(C)C.[Mn].[Mn]. The molecule has 0 spiro atoms. The predicted octanol–water partition coefficient (Wildman–Crippen LogP) is 6.10. The van der Waals surface area contributed by atoms with Gasteiger partial charge in [-0.3, -0.25) is 10.7 Å². The summed E-state index contributed by atoms with van der Waals surface area (Å²) in [4.78, 5) is 12.9. The fourth-order valence-corrected chi connectivity index (χ4v) is 4.18. The third-order valence-corrected chi connectivity index (χ3v) is 5.40. The number of fused-ring (bicyclic) bond motifs is 1. The van der Waals surface area contributed by atoms with Crippen LogP contribution in [0.4, 0.5) is 0 Å². The second kappa shape index (κ2) is 10.1. The van der Waals surface area contributed by atoms with E-state index in [4.69, 9.17) is 4.74 Å². The molecule has 2 rings (SSSR count). The number of ether oxygens (including phenoxy) is 1. The summed E-state index contributed by atoms with van der Waals surface area (Å²) in [6.45, 7) is 13.0. The zero-order valence-electron chi connectivity index (χ0n) is 16.9. The molecule has 0 aliphatic heterocycles. The van der Waals surface area contributed by atoms with Crippen molar-refractivity contribution >= 4 is 5.97 Å². The molecule has 0 amide bonds. The summed E-state index contributed by atoms with van der Waals surface area (Å²) < 4.78 is 6.04. The van der Waals surface area contributed by atoms with Gasteiger partial charge in [0.05, 0.1) is 0 Å². The van der Waals surface area contributed by atoms with Gasteiger partial charge in [-0.05, 0) is 0 Å². The molecular weight excluding hydrogens is 394 g/mol. The first kappa shape index (κ1) is 25.4. The second-order valence-corrected chi connectivity index (χ2v) is 9.87. The topological polar surface area (TPSA) is 26.3 Å². The van der Waals surface area contributed by atoms with Gasteiger partial charge < -0.3 is 4.74 Å². The fourth-order valence-electron chi connectivity index (χ4n) is 4.18. The van der Waals surface area contributed by atoms with Gasteiger partial charge in [0.1, 0.15) is 5.97 Å². The molecule has 0 N–H and O–H groups in total. The summed E-state index contributed by atoms with van der Waals surface area (Å²) in [5.74, 6) is 2.18. The van der Waals surface area contributed by atoms with E-state index in [1.807, 2.05) is 0 Å². The maximum Gasteiger partial charge on any atom is 0.138 e. The minimum absolute atomic E-state index is 0. The Morgan fingerprint density at radius 2 is 1.56 bits per heavy atom. The van der Waals surface area contributed by atoms with Crippen LogP contribution in [0.3, 0.4) is 0 Å². The minimum atomic E-state index is -0.133. The smallest absolute Gasteiger partial charge is 0.138 e. The largest absolute Gasteiger partial charge is 0.655 e. The summed E-state index contributed by atoms with van der Waals surface area (Å²) in [5.41, 5.74) is -0.0300. The third-order valence-electron chi connectivity index (χ3n) is 5.40. The molecule has 2 atom stereocenters. The van der Waals surface area contributed by atoms with Crippen LogP contribution in [0.2, 0.25) is 0 Å². The van der Waals surface area contributed by atoms with Gasteiger partial charge in [0.15, 0.2) is 0 Å². The average Bonchev–Trinajstić information content (AvgIpc) is 2.43. The van der Waals surface area contributed by atoms with Gasteiger partial charge >= 0.3 is 0 Å². The summed E-state index contributed by atoms with van der Waals surface area (Å²) in [6.07, 6.45) is 10.6. The van der Waals surface area contributed by atoms with Crippen molar-refractivity contribution in [2.24, 2.45) is 22.7 Å². The molecule has 0 bridgehead atoms. The van der Waals surface area contributed by atoms with E-state index in [0.29, 0.717) is 5.92 Å². The zero-order valence-corrected chi connectivity index (χ0v) is 19.2. The van der Waals surface area contributed by atoms with Crippen molar-refractivity contribution in [1.82, 2.24) is 0 Å². The van der Waals surface area contributed by atoms with E-state index in [9.17, 15) is 4.79 Å². The maximum absolute atomic E-state index is 12.9. The van der Waals surface area contributed by atoms with Gasteiger partial charge in [0.25, 0.3) is 0 Å². The van der Waals surface area contributed by atoms with Gasteiger partial charge in [-0.1, -0.05) is 91.4 Å². The Labute approximate surface area is 176 Å². The summed E-state index contributed by atoms with van der Waals surface area (Å²) in [6, 6.07) is 0. The molecule has 2 aliphatic rings. The van der Waals surface area contributed by atoms with Crippen LogP contribution in [-0.2, 0) is 43.7 Å². The Morgan fingerprint density at radius 3 is 2.12 bits per heavy atom. The van der Waals surface area contributed by atoms with E-state index in [0.717, 1.165) is 30.8 Å². The van der Waals surface area contributed by atoms with Crippen LogP contribution in [0.15, 0.2) is 0 Å². The van der Waals surface area contributed by atoms with Crippen molar-refractivity contribution in [1.29, 1.82) is 0 Å². The average molecular weight is 430 g/mol. The molecule has 148 valence electrons. The number of carbonyl (C=O) groups excluding carboxylic acids is 1. The number of carbonyl (C=O) groups is 1. The van der Waals surface area contributed by atoms with Crippen molar-refractivity contribution < 1.29 is 43.7 Å². The van der Waals surface area contributed by atoms with E-state index < -0.39 is 0 Å². The Kier molecular flexibility index (Phi) is 10.2. The Bertz CT molecular complexity index is 407. The molecule has 0 aromatic rings. The van der Waals surface area contributed by atoms with Crippen LogP contribution in [0.1, 0.15) is 92.9 Å². The van der Waals surface area contributed by atoms with E-state index in [2.05, 4.69) is 41.5 Å². The second-order valence-electron chi connectivity index (χ2n) is 9.87. The van der Waals surface area contributed by atoms with Gasteiger partial charge in [-0.15, -0.1) is 23.9 Å². The molecule has 2 nitrogen and oxygen atoms in total. The number of rotatable bonds is 3. The third kappa shape index (κ3) is 7.49. The van der Waals surface area contributed by atoms with Gasteiger partial charge in [0, 0.05) is 34.1 Å². The molecule has 0 aromatic carbocycles. The first-order valence-corrected chi connectivity index (χ1v) is 9.52. The standard InChI is InChI=1S/C21H36O2.2Mn/c1-20(2,3)14-17(21(4,5)6)19(22)23-18-13-9-11-15-10-7-8-12-16(15)18;;/h15-16H,7-14H2,1-6H3;;/q-2;;. The van der Waals surface area contributed by atoms with Gasteiger partial charge in [0.2, 0.25) is 0 Å². The molecule has 0 saturated heterocycles. The van der Waals surface area contributed by atoms with Crippen molar-refractivity contribution in [3.63, 3.8) is 0 Å². The number of hydrogen-bond donors (Lipinski definition) is 0. The molecule has 0 aromatic heterocycles. The summed E-state index contributed by atoms with van der Waals surface area (Å²) in [7, 11) is 0. The van der Waals surface area contributed by atoms with Crippen molar-refractivity contribution in [3.05, 3.63) is 12.0 Å². The van der Waals surface area contributed by atoms with Crippen LogP contribution in [0.5, 0.6) is 0 Å². The van der Waals surface area contributed by atoms with Crippen LogP contribution in [-0.4, -0.2) is 5.97 Å². The Balaban J connectivity index is 0.00000288. The van der Waals surface area contributed by atoms with E-state index in [1.54, 1.807) is 0 Å². The molecule has 0 heterocycles. The van der Waals surface area contributed by atoms with Crippen LogP contribution in [0, 0.1) is 34.7 Å². The van der Waals surface area contributed by atoms with E-state index in [1.165, 1.54) is 38.5 Å². The quantitative estimate of drug-likeness (QED) is 0.307. The van der Waals surface area contributed by atoms with E-state index in [-0.39, 0.29) is 50.9 Å². The first-order valence-electron chi connectivity index (χ1n) is 9.52. The zero-order chi connectivity index (χ0) is 17.3. The minimum Gasteiger partial charge on any atom is -0.655 e. The maximum atomic E-state index is 12.9. The first-order chi connectivity index (χ1) is 10.6. The van der Waals surface area contributed by atoms with Gasteiger partial charge in [-0.25, -0.2) is 0 Å².